The summed E-state index contributed by atoms with van der Waals surface area (Å²) in [6.45, 7) is 4.84. The molecule has 0 spiro atoms. The van der Waals surface area contributed by atoms with Gasteiger partial charge >= 0.3 is 5.69 Å². The van der Waals surface area contributed by atoms with Gasteiger partial charge in [0.25, 0.3) is 0 Å². The third-order valence-corrected chi connectivity index (χ3v) is 4.02. The summed E-state index contributed by atoms with van der Waals surface area (Å²) in [6, 6.07) is 0.170. The second-order valence-electron chi connectivity index (χ2n) is 4.98. The van der Waals surface area contributed by atoms with E-state index in [1.54, 1.807) is 4.57 Å². The van der Waals surface area contributed by atoms with Crippen molar-refractivity contribution in [3.05, 3.63) is 22.9 Å². The molecular formula is C13H22N2O2. The number of aliphatic hydroxyl groups excluding tert-OH is 1. The van der Waals surface area contributed by atoms with Crippen LogP contribution in [0.4, 0.5) is 0 Å². The van der Waals surface area contributed by atoms with Gasteiger partial charge in [-0.1, -0.05) is 13.3 Å². The zero-order chi connectivity index (χ0) is 12.4. The first kappa shape index (κ1) is 12.4. The van der Waals surface area contributed by atoms with Crippen molar-refractivity contribution in [3.63, 3.8) is 0 Å². The summed E-state index contributed by atoms with van der Waals surface area (Å²) >= 11 is 0. The monoisotopic (exact) mass is 238 g/mol. The van der Waals surface area contributed by atoms with Crippen LogP contribution in [0.5, 0.6) is 0 Å². The highest BCUT2D eigenvalue weighted by Gasteiger charge is 2.30. The van der Waals surface area contributed by atoms with Gasteiger partial charge in [-0.2, -0.15) is 0 Å². The van der Waals surface area contributed by atoms with Gasteiger partial charge in [0.05, 0.1) is 6.10 Å². The minimum absolute atomic E-state index is 0.0602. The molecule has 1 aromatic heterocycles. The predicted molar refractivity (Wildman–Crippen MR) is 67.0 cm³/mol. The molecule has 1 aliphatic rings. The van der Waals surface area contributed by atoms with Gasteiger partial charge in [-0.15, -0.1) is 0 Å². The lowest BCUT2D eigenvalue weighted by atomic mass is 9.81. The van der Waals surface area contributed by atoms with Crippen molar-refractivity contribution >= 4 is 0 Å². The molecule has 17 heavy (non-hydrogen) atoms. The summed E-state index contributed by atoms with van der Waals surface area (Å²) in [5.41, 5.74) is 0.0602. The summed E-state index contributed by atoms with van der Waals surface area (Å²) in [7, 11) is 0. The van der Waals surface area contributed by atoms with Crippen LogP contribution in [0.3, 0.4) is 0 Å². The zero-order valence-corrected chi connectivity index (χ0v) is 10.7. The molecule has 0 bridgehead atoms. The van der Waals surface area contributed by atoms with Crippen LogP contribution in [0, 0.1) is 5.92 Å². The molecule has 1 heterocycles. The minimum atomic E-state index is -0.250. The van der Waals surface area contributed by atoms with E-state index in [1.165, 1.54) is 0 Å². The third-order valence-electron chi connectivity index (χ3n) is 4.02. The Morgan fingerprint density at radius 3 is 2.71 bits per heavy atom. The Morgan fingerprint density at radius 2 is 2.12 bits per heavy atom. The number of rotatable bonds is 3. The predicted octanol–water partition coefficient (Wildman–Crippen LogP) is 1.78. The molecule has 1 N–H and O–H groups in total. The van der Waals surface area contributed by atoms with Gasteiger partial charge < -0.3 is 5.11 Å². The molecule has 0 aliphatic heterocycles. The summed E-state index contributed by atoms with van der Waals surface area (Å²) in [5, 5.41) is 9.79. The number of nitrogens with zero attached hydrogens (tertiary/aromatic N) is 2. The van der Waals surface area contributed by atoms with E-state index in [2.05, 4.69) is 6.92 Å². The van der Waals surface area contributed by atoms with Crippen molar-refractivity contribution in [1.29, 1.82) is 0 Å². The van der Waals surface area contributed by atoms with E-state index in [1.807, 2.05) is 23.9 Å². The Balaban J connectivity index is 2.29. The van der Waals surface area contributed by atoms with Crippen molar-refractivity contribution in [2.75, 3.05) is 0 Å². The van der Waals surface area contributed by atoms with Crippen LogP contribution in [-0.2, 0) is 6.54 Å². The maximum Gasteiger partial charge on any atom is 0.328 e. The molecule has 3 atom stereocenters. The van der Waals surface area contributed by atoms with Gasteiger partial charge in [-0.3, -0.25) is 9.13 Å². The van der Waals surface area contributed by atoms with E-state index in [9.17, 15) is 9.90 Å². The first-order valence-corrected chi connectivity index (χ1v) is 6.62. The van der Waals surface area contributed by atoms with Gasteiger partial charge in [0, 0.05) is 25.0 Å². The Labute approximate surface area is 102 Å². The number of aryl methyl sites for hydroxylation is 1. The highest BCUT2D eigenvalue weighted by atomic mass is 16.3. The largest absolute Gasteiger partial charge is 0.393 e. The van der Waals surface area contributed by atoms with Crippen molar-refractivity contribution in [2.24, 2.45) is 5.92 Å². The Kier molecular flexibility index (Phi) is 3.72. The molecule has 0 radical (unpaired) electrons. The van der Waals surface area contributed by atoms with Gasteiger partial charge in [0.15, 0.2) is 0 Å². The average molecular weight is 238 g/mol. The smallest absolute Gasteiger partial charge is 0.328 e. The molecule has 1 aromatic rings. The number of hydrogen-bond acceptors (Lipinski definition) is 2. The first-order valence-electron chi connectivity index (χ1n) is 6.62. The molecule has 96 valence electrons. The molecule has 0 amide bonds. The van der Waals surface area contributed by atoms with Crippen LogP contribution in [-0.4, -0.2) is 20.3 Å². The normalized spacial score (nSPS) is 29.5. The average Bonchev–Trinajstić information content (AvgIpc) is 2.70. The standard InChI is InChI=1S/C13H22N2O2/c1-3-10-5-6-11(16)9-12(10)15-8-7-14(4-2)13(15)17/h7-8,10-12,16H,3-6,9H2,1-2H3. The first-order chi connectivity index (χ1) is 8.17. The number of hydrogen-bond donors (Lipinski definition) is 1. The molecule has 2 rings (SSSR count). The highest BCUT2D eigenvalue weighted by molar-refractivity contribution is 4.91. The molecule has 4 heteroatoms. The van der Waals surface area contributed by atoms with Crippen LogP contribution < -0.4 is 5.69 Å². The maximum atomic E-state index is 12.1. The van der Waals surface area contributed by atoms with Gasteiger partial charge in [-0.05, 0) is 32.1 Å². The SMILES string of the molecule is CCC1CCC(O)CC1n1ccn(CC)c1=O. The molecule has 1 aliphatic carbocycles. The molecule has 0 saturated heterocycles. The lowest BCUT2D eigenvalue weighted by Crippen LogP contribution is -2.35. The molecule has 0 aromatic carbocycles. The Morgan fingerprint density at radius 1 is 1.35 bits per heavy atom. The van der Waals surface area contributed by atoms with Crippen molar-refractivity contribution in [2.45, 2.75) is 58.2 Å². The quantitative estimate of drug-likeness (QED) is 0.872. The van der Waals surface area contributed by atoms with Crippen LogP contribution in [0.2, 0.25) is 0 Å². The van der Waals surface area contributed by atoms with E-state index in [0.29, 0.717) is 18.9 Å². The summed E-state index contributed by atoms with van der Waals surface area (Å²) < 4.78 is 3.54. The highest BCUT2D eigenvalue weighted by Crippen LogP contribution is 2.35. The van der Waals surface area contributed by atoms with E-state index >= 15 is 0 Å². The van der Waals surface area contributed by atoms with E-state index in [0.717, 1.165) is 19.3 Å². The van der Waals surface area contributed by atoms with Gasteiger partial charge in [0.2, 0.25) is 0 Å². The topological polar surface area (TPSA) is 47.2 Å². The fourth-order valence-electron chi connectivity index (χ4n) is 2.93. The summed E-state index contributed by atoms with van der Waals surface area (Å²) in [4.78, 5) is 12.1. The van der Waals surface area contributed by atoms with Gasteiger partial charge in [-0.25, -0.2) is 4.79 Å². The number of aromatic nitrogens is 2. The minimum Gasteiger partial charge on any atom is -0.393 e. The van der Waals surface area contributed by atoms with E-state index < -0.39 is 0 Å². The summed E-state index contributed by atoms with van der Waals surface area (Å²) in [6.07, 6.45) is 7.14. The van der Waals surface area contributed by atoms with Crippen LogP contribution in [0.25, 0.3) is 0 Å². The lowest BCUT2D eigenvalue weighted by Gasteiger charge is -2.34. The Hall–Kier alpha value is -1.03. The second kappa shape index (κ2) is 5.08. The third kappa shape index (κ3) is 2.32. The van der Waals surface area contributed by atoms with E-state index in [-0.39, 0.29) is 17.8 Å². The molecule has 4 nitrogen and oxygen atoms in total. The van der Waals surface area contributed by atoms with Crippen molar-refractivity contribution in [3.8, 4) is 0 Å². The van der Waals surface area contributed by atoms with Gasteiger partial charge in [0.1, 0.15) is 0 Å². The lowest BCUT2D eigenvalue weighted by molar-refractivity contribution is 0.0699. The van der Waals surface area contributed by atoms with Crippen molar-refractivity contribution < 1.29 is 5.11 Å². The maximum absolute atomic E-state index is 12.1. The molecule has 1 fully saturated rings. The van der Waals surface area contributed by atoms with Crippen molar-refractivity contribution in [1.82, 2.24) is 9.13 Å². The number of imidazole rings is 1. The summed E-state index contributed by atoms with van der Waals surface area (Å²) in [5.74, 6) is 0.517. The van der Waals surface area contributed by atoms with Crippen LogP contribution in [0.15, 0.2) is 17.2 Å². The van der Waals surface area contributed by atoms with E-state index in [4.69, 9.17) is 0 Å². The molecule has 3 unspecified atom stereocenters. The fourth-order valence-corrected chi connectivity index (χ4v) is 2.93. The second-order valence-corrected chi connectivity index (χ2v) is 4.98. The molecular weight excluding hydrogens is 216 g/mol. The van der Waals surface area contributed by atoms with Crippen LogP contribution in [0.1, 0.15) is 45.6 Å². The zero-order valence-electron chi connectivity index (χ0n) is 10.7. The molecule has 1 saturated carbocycles. The Bertz CT molecular complexity index is 421. The van der Waals surface area contributed by atoms with Crippen LogP contribution >= 0.6 is 0 Å². The fraction of sp³-hybridized carbons (Fsp3) is 0.769. The number of aliphatic hydroxyl groups is 1.